The fraction of sp³-hybridized carbons (Fsp3) is 0.533. The molecule has 2 N–H and O–H groups in total. The molecule has 0 saturated carbocycles. The largest absolute Gasteiger partial charge is 0.384 e. The summed E-state index contributed by atoms with van der Waals surface area (Å²) in [6.07, 6.45) is 2.77. The van der Waals surface area contributed by atoms with Gasteiger partial charge >= 0.3 is 0 Å². The van der Waals surface area contributed by atoms with Crippen LogP contribution in [0.5, 0.6) is 0 Å². The predicted molar refractivity (Wildman–Crippen MR) is 76.4 cm³/mol. The molecule has 102 valence electrons. The number of morpholine rings is 1. The lowest BCUT2D eigenvalue weighted by atomic mass is 10.2. The van der Waals surface area contributed by atoms with Gasteiger partial charge in [0.2, 0.25) is 0 Å². The van der Waals surface area contributed by atoms with Gasteiger partial charge < -0.3 is 10.5 Å². The van der Waals surface area contributed by atoms with Crippen LogP contribution in [0.1, 0.15) is 18.4 Å². The second-order valence-electron chi connectivity index (χ2n) is 5.34. The molecule has 2 aliphatic rings. The zero-order chi connectivity index (χ0) is 13.1. The summed E-state index contributed by atoms with van der Waals surface area (Å²) in [5.41, 5.74) is 6.98. The SMILES string of the molecule is NC(=NCC1CN2CCCC2CO1)c1ccccc1. The van der Waals surface area contributed by atoms with Crippen molar-refractivity contribution in [2.75, 3.05) is 26.2 Å². The van der Waals surface area contributed by atoms with Crippen molar-refractivity contribution < 1.29 is 4.74 Å². The first-order valence-corrected chi connectivity index (χ1v) is 7.04. The molecule has 0 spiro atoms. The van der Waals surface area contributed by atoms with Crippen LogP contribution in [-0.4, -0.2) is 49.1 Å². The van der Waals surface area contributed by atoms with Gasteiger partial charge in [-0.2, -0.15) is 0 Å². The van der Waals surface area contributed by atoms with Gasteiger partial charge in [-0.25, -0.2) is 0 Å². The smallest absolute Gasteiger partial charge is 0.125 e. The molecule has 0 aliphatic carbocycles. The van der Waals surface area contributed by atoms with E-state index in [0.717, 1.165) is 18.7 Å². The van der Waals surface area contributed by atoms with Crippen LogP contribution in [0.15, 0.2) is 35.3 Å². The van der Waals surface area contributed by atoms with Gasteiger partial charge in [0.05, 0.1) is 19.3 Å². The van der Waals surface area contributed by atoms with Crippen LogP contribution in [0, 0.1) is 0 Å². The number of benzene rings is 1. The van der Waals surface area contributed by atoms with Crippen molar-refractivity contribution in [1.29, 1.82) is 0 Å². The average molecular weight is 259 g/mol. The van der Waals surface area contributed by atoms with E-state index in [1.807, 2.05) is 30.3 Å². The summed E-state index contributed by atoms with van der Waals surface area (Å²) in [4.78, 5) is 7.01. The summed E-state index contributed by atoms with van der Waals surface area (Å²) < 4.78 is 5.87. The predicted octanol–water partition coefficient (Wildman–Crippen LogP) is 1.26. The van der Waals surface area contributed by atoms with E-state index < -0.39 is 0 Å². The zero-order valence-corrected chi connectivity index (χ0v) is 11.2. The molecule has 0 amide bonds. The first-order valence-electron chi connectivity index (χ1n) is 7.04. The van der Waals surface area contributed by atoms with Crippen molar-refractivity contribution in [3.8, 4) is 0 Å². The molecule has 19 heavy (non-hydrogen) atoms. The Bertz CT molecular complexity index is 446. The van der Waals surface area contributed by atoms with E-state index >= 15 is 0 Å². The van der Waals surface area contributed by atoms with E-state index in [1.54, 1.807) is 0 Å². The van der Waals surface area contributed by atoms with E-state index in [-0.39, 0.29) is 6.10 Å². The van der Waals surface area contributed by atoms with Crippen molar-refractivity contribution in [3.05, 3.63) is 35.9 Å². The van der Waals surface area contributed by atoms with E-state index in [1.165, 1.54) is 19.4 Å². The second kappa shape index (κ2) is 5.72. The molecular weight excluding hydrogens is 238 g/mol. The number of amidine groups is 1. The molecular formula is C15H21N3O. The topological polar surface area (TPSA) is 50.8 Å². The Hall–Kier alpha value is -1.39. The Balaban J connectivity index is 1.57. The van der Waals surface area contributed by atoms with Crippen LogP contribution < -0.4 is 5.73 Å². The van der Waals surface area contributed by atoms with Crippen LogP contribution in [0.2, 0.25) is 0 Å². The van der Waals surface area contributed by atoms with Crippen LogP contribution in [0.3, 0.4) is 0 Å². The van der Waals surface area contributed by atoms with E-state index in [2.05, 4.69) is 9.89 Å². The number of rotatable bonds is 3. The highest BCUT2D eigenvalue weighted by molar-refractivity contribution is 5.97. The maximum atomic E-state index is 6.00. The standard InChI is InChI=1S/C15H21N3O/c16-15(12-5-2-1-3-6-12)17-9-14-10-18-8-4-7-13(18)11-19-14/h1-3,5-6,13-14H,4,7-11H2,(H2,16,17). The van der Waals surface area contributed by atoms with Gasteiger partial charge in [0.1, 0.15) is 5.84 Å². The number of hydrogen-bond donors (Lipinski definition) is 1. The number of hydrogen-bond acceptors (Lipinski definition) is 3. The normalized spacial score (nSPS) is 28.3. The summed E-state index contributed by atoms with van der Waals surface area (Å²) in [5, 5.41) is 0. The molecule has 4 nitrogen and oxygen atoms in total. The van der Waals surface area contributed by atoms with Gasteiger partial charge in [0.25, 0.3) is 0 Å². The first-order chi connectivity index (χ1) is 9.33. The lowest BCUT2D eigenvalue weighted by Gasteiger charge is -2.34. The highest BCUT2D eigenvalue weighted by Gasteiger charge is 2.31. The number of nitrogens with two attached hydrogens (primary N) is 1. The monoisotopic (exact) mass is 259 g/mol. The quantitative estimate of drug-likeness (QED) is 0.656. The summed E-state index contributed by atoms with van der Waals surface area (Å²) in [5.74, 6) is 0.604. The van der Waals surface area contributed by atoms with Crippen molar-refractivity contribution in [3.63, 3.8) is 0 Å². The molecule has 1 aromatic carbocycles. The van der Waals surface area contributed by atoms with Crippen LogP contribution in [0.25, 0.3) is 0 Å². The number of aliphatic imine (C=N–C) groups is 1. The molecule has 1 aromatic rings. The highest BCUT2D eigenvalue weighted by atomic mass is 16.5. The maximum absolute atomic E-state index is 6.00. The summed E-state index contributed by atoms with van der Waals surface area (Å²) in [7, 11) is 0. The molecule has 2 heterocycles. The fourth-order valence-corrected chi connectivity index (χ4v) is 2.90. The lowest BCUT2D eigenvalue weighted by Crippen LogP contribution is -2.47. The van der Waals surface area contributed by atoms with Gasteiger partial charge in [-0.15, -0.1) is 0 Å². The number of nitrogens with zero attached hydrogens (tertiary/aromatic N) is 2. The summed E-state index contributed by atoms with van der Waals surface area (Å²) >= 11 is 0. The van der Waals surface area contributed by atoms with E-state index in [9.17, 15) is 0 Å². The summed E-state index contributed by atoms with van der Waals surface area (Å²) in [6.45, 7) is 3.72. The average Bonchev–Trinajstić information content (AvgIpc) is 2.93. The maximum Gasteiger partial charge on any atom is 0.125 e. The third-order valence-corrected chi connectivity index (χ3v) is 4.00. The van der Waals surface area contributed by atoms with Crippen LogP contribution in [0.4, 0.5) is 0 Å². The van der Waals surface area contributed by atoms with Crippen molar-refractivity contribution >= 4 is 5.84 Å². The molecule has 2 saturated heterocycles. The third kappa shape index (κ3) is 2.96. The Morgan fingerprint density at radius 2 is 2.21 bits per heavy atom. The minimum atomic E-state index is 0.191. The molecule has 2 fully saturated rings. The third-order valence-electron chi connectivity index (χ3n) is 4.00. The molecule has 2 atom stereocenters. The molecule has 0 aromatic heterocycles. The fourth-order valence-electron chi connectivity index (χ4n) is 2.90. The van der Waals surface area contributed by atoms with Crippen molar-refractivity contribution in [2.24, 2.45) is 10.7 Å². The minimum Gasteiger partial charge on any atom is -0.384 e. The van der Waals surface area contributed by atoms with Crippen molar-refractivity contribution in [2.45, 2.75) is 25.0 Å². The summed E-state index contributed by atoms with van der Waals surface area (Å²) in [6, 6.07) is 10.5. The van der Waals surface area contributed by atoms with Gasteiger partial charge in [0, 0.05) is 18.2 Å². The Labute approximate surface area is 114 Å². The van der Waals surface area contributed by atoms with E-state index in [4.69, 9.17) is 10.5 Å². The van der Waals surface area contributed by atoms with Crippen LogP contribution in [-0.2, 0) is 4.74 Å². The molecule has 2 unspecified atom stereocenters. The number of fused-ring (bicyclic) bond motifs is 1. The lowest BCUT2D eigenvalue weighted by molar-refractivity contribution is -0.0431. The zero-order valence-electron chi connectivity index (χ0n) is 11.2. The molecule has 4 heteroatoms. The highest BCUT2D eigenvalue weighted by Crippen LogP contribution is 2.22. The van der Waals surface area contributed by atoms with Gasteiger partial charge in [-0.05, 0) is 19.4 Å². The van der Waals surface area contributed by atoms with E-state index in [0.29, 0.717) is 18.4 Å². The Morgan fingerprint density at radius 3 is 3.05 bits per heavy atom. The Morgan fingerprint density at radius 1 is 1.37 bits per heavy atom. The Kier molecular flexibility index (Phi) is 3.80. The molecule has 0 bridgehead atoms. The van der Waals surface area contributed by atoms with Gasteiger partial charge in [-0.1, -0.05) is 30.3 Å². The van der Waals surface area contributed by atoms with Gasteiger partial charge in [0.15, 0.2) is 0 Å². The molecule has 0 radical (unpaired) electrons. The van der Waals surface area contributed by atoms with Crippen molar-refractivity contribution in [1.82, 2.24) is 4.90 Å². The minimum absolute atomic E-state index is 0.191. The van der Waals surface area contributed by atoms with Gasteiger partial charge in [-0.3, -0.25) is 9.89 Å². The molecule has 2 aliphatic heterocycles. The second-order valence-corrected chi connectivity index (χ2v) is 5.34. The number of ether oxygens (including phenoxy) is 1. The first kappa shape index (κ1) is 12.6. The van der Waals surface area contributed by atoms with Crippen LogP contribution >= 0.6 is 0 Å². The molecule has 3 rings (SSSR count).